The van der Waals surface area contributed by atoms with E-state index in [1.54, 1.807) is 16.8 Å². The van der Waals surface area contributed by atoms with E-state index in [-0.39, 0.29) is 18.1 Å². The predicted octanol–water partition coefficient (Wildman–Crippen LogP) is 2.09. The molecule has 0 bridgehead atoms. The summed E-state index contributed by atoms with van der Waals surface area (Å²) in [5.41, 5.74) is 2.48. The molecule has 0 unspecified atom stereocenters. The Hall–Kier alpha value is -2.37. The van der Waals surface area contributed by atoms with Crippen LogP contribution in [0.15, 0.2) is 29.2 Å². The van der Waals surface area contributed by atoms with E-state index >= 15 is 0 Å². The van der Waals surface area contributed by atoms with Gasteiger partial charge in [-0.1, -0.05) is 12.5 Å². The van der Waals surface area contributed by atoms with Gasteiger partial charge in [-0.05, 0) is 38.2 Å². The third-order valence-corrected chi connectivity index (χ3v) is 4.18. The number of hydrogen-bond donors (Lipinski definition) is 1. The highest BCUT2D eigenvalue weighted by Crippen LogP contribution is 2.22. The van der Waals surface area contributed by atoms with E-state index in [9.17, 15) is 9.59 Å². The van der Waals surface area contributed by atoms with Crippen LogP contribution in [0.25, 0.3) is 0 Å². The predicted molar refractivity (Wildman–Crippen MR) is 85.4 cm³/mol. The molecule has 0 aromatic carbocycles. The lowest BCUT2D eigenvalue weighted by molar-refractivity contribution is 0.0487. The van der Waals surface area contributed by atoms with Gasteiger partial charge in [-0.15, -0.1) is 0 Å². The number of aryl methyl sites for hydroxylation is 2. The normalized spacial score (nSPS) is 14.1. The van der Waals surface area contributed by atoms with E-state index in [1.165, 1.54) is 12.5 Å². The van der Waals surface area contributed by atoms with E-state index in [4.69, 9.17) is 4.74 Å². The van der Waals surface area contributed by atoms with Crippen LogP contribution in [-0.2, 0) is 24.1 Å². The number of H-pyrrole nitrogens is 1. The van der Waals surface area contributed by atoms with Crippen LogP contribution in [-0.4, -0.2) is 27.3 Å². The van der Waals surface area contributed by atoms with E-state index in [2.05, 4.69) is 10.2 Å². The number of nitrogens with zero attached hydrogens (tertiary/aromatic N) is 2. The van der Waals surface area contributed by atoms with Crippen LogP contribution in [0.4, 0.5) is 0 Å². The molecular weight excluding hydrogens is 294 g/mol. The zero-order valence-electron chi connectivity index (χ0n) is 13.1. The van der Waals surface area contributed by atoms with Crippen molar-refractivity contribution in [1.82, 2.24) is 14.8 Å². The number of nitrogens with one attached hydrogen (secondary N) is 1. The van der Waals surface area contributed by atoms with Gasteiger partial charge in [-0.3, -0.25) is 9.89 Å². The van der Waals surface area contributed by atoms with Gasteiger partial charge in [-0.2, -0.15) is 5.10 Å². The Bertz CT molecular complexity index is 733. The molecule has 3 rings (SSSR count). The van der Waals surface area contributed by atoms with Gasteiger partial charge in [0.25, 0.3) is 0 Å². The first-order valence-electron chi connectivity index (χ1n) is 8.14. The fourth-order valence-corrected chi connectivity index (χ4v) is 2.94. The Morgan fingerprint density at radius 3 is 3.00 bits per heavy atom. The molecule has 0 fully saturated rings. The van der Waals surface area contributed by atoms with Gasteiger partial charge >= 0.3 is 5.97 Å². The number of pyridine rings is 1. The zero-order chi connectivity index (χ0) is 16.1. The fraction of sp³-hybridized carbons (Fsp3) is 0.471. The molecule has 6 heteroatoms. The Kier molecular flexibility index (Phi) is 4.90. The molecule has 0 saturated heterocycles. The second-order valence-electron chi connectivity index (χ2n) is 5.81. The smallest absolute Gasteiger partial charge is 0.359 e. The molecule has 0 spiro atoms. The summed E-state index contributed by atoms with van der Waals surface area (Å²) in [6, 6.07) is 5.04. The lowest BCUT2D eigenvalue weighted by atomic mass is 10.1. The molecule has 1 aliphatic rings. The minimum Gasteiger partial charge on any atom is -0.461 e. The third kappa shape index (κ3) is 3.70. The molecule has 2 aromatic rings. The molecule has 0 saturated carbocycles. The number of carbonyl (C=O) groups is 1. The molecule has 1 N–H and O–H groups in total. The Morgan fingerprint density at radius 1 is 1.26 bits per heavy atom. The van der Waals surface area contributed by atoms with Gasteiger partial charge in [0.2, 0.25) is 5.56 Å². The Morgan fingerprint density at radius 2 is 2.13 bits per heavy atom. The number of aromatic nitrogens is 3. The monoisotopic (exact) mass is 315 g/mol. The molecule has 0 radical (unpaired) electrons. The minimum atomic E-state index is -0.371. The van der Waals surface area contributed by atoms with Gasteiger partial charge in [-0.25, -0.2) is 4.79 Å². The molecule has 1 aliphatic carbocycles. The first-order chi connectivity index (χ1) is 11.3. The Labute approximate surface area is 134 Å². The van der Waals surface area contributed by atoms with Crippen molar-refractivity contribution in [3.8, 4) is 0 Å². The van der Waals surface area contributed by atoms with Crippen molar-refractivity contribution >= 4 is 5.97 Å². The summed E-state index contributed by atoms with van der Waals surface area (Å²) in [6.45, 7) is 0.813. The fourth-order valence-electron chi connectivity index (χ4n) is 2.94. The molecule has 23 heavy (non-hydrogen) atoms. The first-order valence-corrected chi connectivity index (χ1v) is 8.14. The molecular formula is C17H21N3O3. The molecule has 6 nitrogen and oxygen atoms in total. The van der Waals surface area contributed by atoms with Crippen molar-refractivity contribution in [2.75, 3.05) is 6.61 Å². The highest BCUT2D eigenvalue weighted by atomic mass is 16.5. The van der Waals surface area contributed by atoms with E-state index < -0.39 is 0 Å². The number of aromatic amines is 1. The average molecular weight is 315 g/mol. The highest BCUT2D eigenvalue weighted by Gasteiger charge is 2.21. The molecule has 2 heterocycles. The van der Waals surface area contributed by atoms with Gasteiger partial charge in [0.15, 0.2) is 5.69 Å². The van der Waals surface area contributed by atoms with Crippen LogP contribution in [0.3, 0.4) is 0 Å². The maximum absolute atomic E-state index is 12.2. The van der Waals surface area contributed by atoms with Gasteiger partial charge in [0.05, 0.1) is 6.61 Å². The maximum atomic E-state index is 12.2. The van der Waals surface area contributed by atoms with Gasteiger partial charge < -0.3 is 9.30 Å². The number of hydrogen-bond acceptors (Lipinski definition) is 4. The van der Waals surface area contributed by atoms with E-state index in [1.807, 2.05) is 6.07 Å². The molecule has 122 valence electrons. The number of esters is 1. The van der Waals surface area contributed by atoms with Crippen LogP contribution in [0.5, 0.6) is 0 Å². The van der Waals surface area contributed by atoms with Gasteiger partial charge in [0, 0.05) is 30.1 Å². The van der Waals surface area contributed by atoms with Crippen LogP contribution in [0.2, 0.25) is 0 Å². The van der Waals surface area contributed by atoms with Crippen molar-refractivity contribution in [3.05, 3.63) is 51.7 Å². The largest absolute Gasteiger partial charge is 0.461 e. The standard InChI is InChI=1S/C17H21N3O3/c21-15-9-4-5-10-20(15)11-6-12-23-17(22)16-13-7-2-1-3-8-14(13)18-19-16/h4-5,9-10H,1-3,6-8,11-12H2,(H,18,19). The number of rotatable bonds is 5. The van der Waals surface area contributed by atoms with Crippen molar-refractivity contribution in [3.63, 3.8) is 0 Å². The summed E-state index contributed by atoms with van der Waals surface area (Å²) in [7, 11) is 0. The zero-order valence-corrected chi connectivity index (χ0v) is 13.1. The topological polar surface area (TPSA) is 77.0 Å². The second-order valence-corrected chi connectivity index (χ2v) is 5.81. The number of fused-ring (bicyclic) bond motifs is 1. The molecule has 0 atom stereocenters. The third-order valence-electron chi connectivity index (χ3n) is 4.18. The van der Waals surface area contributed by atoms with E-state index in [0.717, 1.165) is 36.9 Å². The van der Waals surface area contributed by atoms with Crippen molar-refractivity contribution < 1.29 is 9.53 Å². The summed E-state index contributed by atoms with van der Waals surface area (Å²) >= 11 is 0. The van der Waals surface area contributed by atoms with Crippen molar-refractivity contribution in [1.29, 1.82) is 0 Å². The van der Waals surface area contributed by atoms with Gasteiger partial charge in [0.1, 0.15) is 0 Å². The summed E-state index contributed by atoms with van der Waals surface area (Å²) in [4.78, 5) is 23.8. The quantitative estimate of drug-likeness (QED) is 0.521. The lowest BCUT2D eigenvalue weighted by Gasteiger charge is -2.06. The van der Waals surface area contributed by atoms with Crippen LogP contribution in [0.1, 0.15) is 47.4 Å². The number of carbonyl (C=O) groups excluding carboxylic acids is 1. The molecule has 0 amide bonds. The highest BCUT2D eigenvalue weighted by molar-refractivity contribution is 5.89. The van der Waals surface area contributed by atoms with Crippen molar-refractivity contribution in [2.45, 2.75) is 45.1 Å². The minimum absolute atomic E-state index is 0.0450. The van der Waals surface area contributed by atoms with E-state index in [0.29, 0.717) is 18.7 Å². The lowest BCUT2D eigenvalue weighted by Crippen LogP contribution is -2.19. The summed E-state index contributed by atoms with van der Waals surface area (Å²) in [6.07, 6.45) is 7.57. The maximum Gasteiger partial charge on any atom is 0.359 e. The van der Waals surface area contributed by atoms with Crippen LogP contribution >= 0.6 is 0 Å². The molecule has 2 aromatic heterocycles. The second kappa shape index (κ2) is 7.26. The average Bonchev–Trinajstić information content (AvgIpc) is 2.82. The molecule has 0 aliphatic heterocycles. The van der Waals surface area contributed by atoms with Crippen LogP contribution < -0.4 is 5.56 Å². The van der Waals surface area contributed by atoms with Crippen LogP contribution in [0, 0.1) is 0 Å². The SMILES string of the molecule is O=C(OCCCn1ccccc1=O)c1n[nH]c2c1CCCCC2. The number of ether oxygens (including phenoxy) is 1. The summed E-state index contributed by atoms with van der Waals surface area (Å²) < 4.78 is 6.92. The summed E-state index contributed by atoms with van der Waals surface area (Å²) in [5.74, 6) is -0.371. The first kappa shape index (κ1) is 15.5. The summed E-state index contributed by atoms with van der Waals surface area (Å²) in [5, 5.41) is 7.11. The Balaban J connectivity index is 1.53. The van der Waals surface area contributed by atoms with Crippen molar-refractivity contribution in [2.24, 2.45) is 0 Å².